The third-order valence-electron chi connectivity index (χ3n) is 4.50. The first-order valence-electron chi connectivity index (χ1n) is 8.99. The van der Waals surface area contributed by atoms with Crippen molar-refractivity contribution >= 4 is 41.2 Å². The van der Waals surface area contributed by atoms with E-state index in [1.54, 1.807) is 0 Å². The second kappa shape index (κ2) is 9.08. The molecular formula is C19H19N3O8S. The van der Waals surface area contributed by atoms with E-state index in [9.17, 15) is 29.4 Å². The van der Waals surface area contributed by atoms with Crippen LogP contribution in [0.3, 0.4) is 0 Å². The number of β-lactam (4-membered cyclic amide) rings is 1. The molecule has 2 aliphatic heterocycles. The van der Waals surface area contributed by atoms with Crippen molar-refractivity contribution in [3.05, 3.63) is 41.1 Å². The molecule has 12 heteroatoms. The van der Waals surface area contributed by atoms with Crippen LogP contribution in [-0.4, -0.2) is 75.5 Å². The molecule has 2 atom stereocenters. The van der Waals surface area contributed by atoms with Crippen LogP contribution in [-0.2, 0) is 28.8 Å². The lowest BCUT2D eigenvalue weighted by molar-refractivity contribution is -0.150. The van der Waals surface area contributed by atoms with Crippen LogP contribution in [0.4, 0.5) is 0 Å². The molecule has 1 aromatic carbocycles. The fourth-order valence-electron chi connectivity index (χ4n) is 3.16. The summed E-state index contributed by atoms with van der Waals surface area (Å²) in [6, 6.07) is 4.81. The minimum atomic E-state index is -1.33. The molecule has 3 N–H and O–H groups in total. The van der Waals surface area contributed by atoms with Gasteiger partial charge in [-0.25, -0.2) is 4.79 Å². The molecule has 1 aromatic rings. The minimum Gasteiger partial charge on any atom is -0.508 e. The summed E-state index contributed by atoms with van der Waals surface area (Å²) in [5.74, 6) is -3.11. The summed E-state index contributed by atoms with van der Waals surface area (Å²) in [4.78, 5) is 54.0. The number of benzene rings is 1. The number of rotatable bonds is 7. The van der Waals surface area contributed by atoms with Crippen molar-refractivity contribution in [2.75, 3.05) is 19.5 Å². The van der Waals surface area contributed by atoms with Crippen LogP contribution in [0.5, 0.6) is 5.75 Å². The van der Waals surface area contributed by atoms with Gasteiger partial charge in [0.2, 0.25) is 0 Å². The van der Waals surface area contributed by atoms with Gasteiger partial charge in [0.1, 0.15) is 36.6 Å². The lowest BCUT2D eigenvalue weighted by Crippen LogP contribution is -2.71. The van der Waals surface area contributed by atoms with Gasteiger partial charge in [0.15, 0.2) is 5.71 Å². The summed E-state index contributed by atoms with van der Waals surface area (Å²) >= 11 is 1.24. The maximum absolute atomic E-state index is 12.8. The molecule has 1 saturated heterocycles. The number of carboxylic acid groups (broad SMARTS) is 1. The number of hydrogen-bond donors (Lipinski definition) is 3. The van der Waals surface area contributed by atoms with E-state index >= 15 is 0 Å². The second-order valence-electron chi connectivity index (χ2n) is 6.57. The number of nitrogens with one attached hydrogen (secondary N) is 1. The van der Waals surface area contributed by atoms with Crippen LogP contribution in [0.1, 0.15) is 12.5 Å². The third-order valence-corrected chi connectivity index (χ3v) is 5.84. The number of fused-ring (bicyclic) bond motifs is 1. The van der Waals surface area contributed by atoms with E-state index in [1.165, 1.54) is 50.1 Å². The lowest BCUT2D eigenvalue weighted by Gasteiger charge is -2.49. The standard InChI is InChI=1S/C19H19N3O8S/c1-9(23)30-7-11-8-31-18-14(17(26)22(18)15(11)19(27)28)20-16(25)13(21-29-2)10-4-3-5-12(24)6-10/h3-6,14,18,24H,7-8H2,1-2H3,(H,20,25)(H,27,28)/t14-,18-/m1/s1. The number of esters is 1. The predicted octanol–water partition coefficient (Wildman–Crippen LogP) is 0.0444. The first kappa shape index (κ1) is 22.2. The highest BCUT2D eigenvalue weighted by atomic mass is 32.2. The van der Waals surface area contributed by atoms with Crippen molar-refractivity contribution in [3.63, 3.8) is 0 Å². The maximum Gasteiger partial charge on any atom is 0.352 e. The number of carbonyl (C=O) groups is 4. The summed E-state index contributed by atoms with van der Waals surface area (Å²) in [5.41, 5.74) is 0.159. The Balaban J connectivity index is 1.79. The van der Waals surface area contributed by atoms with Crippen molar-refractivity contribution in [2.24, 2.45) is 5.16 Å². The van der Waals surface area contributed by atoms with E-state index < -0.39 is 35.2 Å². The van der Waals surface area contributed by atoms with Crippen molar-refractivity contribution in [3.8, 4) is 5.75 Å². The Morgan fingerprint density at radius 3 is 2.71 bits per heavy atom. The number of phenols is 1. The van der Waals surface area contributed by atoms with Gasteiger partial charge < -0.3 is 25.1 Å². The van der Waals surface area contributed by atoms with Crippen molar-refractivity contribution in [1.82, 2.24) is 10.2 Å². The van der Waals surface area contributed by atoms with Crippen LogP contribution >= 0.6 is 11.8 Å². The Bertz CT molecular complexity index is 1010. The van der Waals surface area contributed by atoms with Gasteiger partial charge >= 0.3 is 11.9 Å². The van der Waals surface area contributed by atoms with Gasteiger partial charge in [-0.2, -0.15) is 0 Å². The van der Waals surface area contributed by atoms with E-state index in [0.717, 1.165) is 4.90 Å². The second-order valence-corrected chi connectivity index (χ2v) is 7.68. The fraction of sp³-hybridized carbons (Fsp3) is 0.316. The van der Waals surface area contributed by atoms with Gasteiger partial charge in [0, 0.05) is 23.8 Å². The highest BCUT2D eigenvalue weighted by molar-refractivity contribution is 8.00. The zero-order valence-electron chi connectivity index (χ0n) is 16.5. The van der Waals surface area contributed by atoms with Crippen molar-refractivity contribution in [1.29, 1.82) is 0 Å². The molecule has 0 bridgehead atoms. The number of oxime groups is 1. The molecule has 11 nitrogen and oxygen atoms in total. The largest absolute Gasteiger partial charge is 0.508 e. The van der Waals surface area contributed by atoms with E-state index in [-0.39, 0.29) is 35.1 Å². The van der Waals surface area contributed by atoms with Crippen molar-refractivity contribution < 1.29 is 39.0 Å². The summed E-state index contributed by atoms with van der Waals surface area (Å²) < 4.78 is 4.88. The molecule has 2 amide bonds. The summed E-state index contributed by atoms with van der Waals surface area (Å²) in [6.45, 7) is 0.964. The Hall–Kier alpha value is -3.54. The molecule has 0 unspecified atom stereocenters. The fourth-order valence-corrected chi connectivity index (χ4v) is 4.49. The molecule has 164 valence electrons. The number of nitrogens with zero attached hydrogens (tertiary/aromatic N) is 2. The minimum absolute atomic E-state index is 0.0839. The highest BCUT2D eigenvalue weighted by Crippen LogP contribution is 2.40. The van der Waals surface area contributed by atoms with Gasteiger partial charge in [-0.1, -0.05) is 17.3 Å². The number of amides is 2. The van der Waals surface area contributed by atoms with Crippen molar-refractivity contribution in [2.45, 2.75) is 18.3 Å². The number of thioether (sulfide) groups is 1. The third kappa shape index (κ3) is 4.48. The number of phenolic OH excluding ortho intramolecular Hbond substituents is 1. The van der Waals surface area contributed by atoms with Crippen LogP contribution in [0.25, 0.3) is 0 Å². The number of carbonyl (C=O) groups excluding carboxylic acids is 3. The van der Waals surface area contributed by atoms with Crippen LogP contribution in [0, 0.1) is 0 Å². The number of aromatic hydroxyl groups is 1. The molecule has 2 heterocycles. The first-order chi connectivity index (χ1) is 14.7. The molecule has 0 aliphatic carbocycles. The predicted molar refractivity (Wildman–Crippen MR) is 108 cm³/mol. The SMILES string of the molecule is CON=C(C(=O)N[C@@H]1C(=O)N2C(C(=O)O)=C(COC(C)=O)CS[C@H]12)c1cccc(O)c1. The first-order valence-corrected chi connectivity index (χ1v) is 10.0. The number of ether oxygens (including phenoxy) is 1. The molecule has 2 aliphatic rings. The highest BCUT2D eigenvalue weighted by Gasteiger charge is 2.54. The molecule has 0 aromatic heterocycles. The normalized spacial score (nSPS) is 20.5. The van der Waals surface area contributed by atoms with Gasteiger partial charge in [0.25, 0.3) is 11.8 Å². The Kier molecular flexibility index (Phi) is 6.49. The average Bonchev–Trinajstić information content (AvgIpc) is 2.73. The Morgan fingerprint density at radius 2 is 2.10 bits per heavy atom. The zero-order chi connectivity index (χ0) is 22.7. The lowest BCUT2D eigenvalue weighted by atomic mass is 10.0. The summed E-state index contributed by atoms with van der Waals surface area (Å²) in [7, 11) is 1.25. The van der Waals surface area contributed by atoms with E-state index in [4.69, 9.17) is 9.57 Å². The molecule has 0 spiro atoms. The Morgan fingerprint density at radius 1 is 1.35 bits per heavy atom. The topological polar surface area (TPSA) is 155 Å². The average molecular weight is 449 g/mol. The van der Waals surface area contributed by atoms with Crippen LogP contribution < -0.4 is 5.32 Å². The molecule has 0 saturated carbocycles. The quantitative estimate of drug-likeness (QED) is 0.226. The summed E-state index contributed by atoms with van der Waals surface area (Å²) in [6.07, 6.45) is 0. The van der Waals surface area contributed by atoms with E-state index in [0.29, 0.717) is 5.57 Å². The molecular weight excluding hydrogens is 430 g/mol. The van der Waals surface area contributed by atoms with Gasteiger partial charge in [-0.05, 0) is 12.1 Å². The number of carboxylic acids is 1. The maximum atomic E-state index is 12.8. The Labute approximate surface area is 180 Å². The van der Waals surface area contributed by atoms with E-state index in [1.807, 2.05) is 0 Å². The van der Waals surface area contributed by atoms with Gasteiger partial charge in [0.05, 0.1) is 0 Å². The molecule has 0 radical (unpaired) electrons. The monoisotopic (exact) mass is 449 g/mol. The molecule has 31 heavy (non-hydrogen) atoms. The number of aliphatic carboxylic acids is 1. The molecule has 3 rings (SSSR count). The smallest absolute Gasteiger partial charge is 0.352 e. The number of hydrogen-bond acceptors (Lipinski definition) is 9. The van der Waals surface area contributed by atoms with Crippen LogP contribution in [0.2, 0.25) is 0 Å². The van der Waals surface area contributed by atoms with Gasteiger partial charge in [-0.3, -0.25) is 19.3 Å². The molecule has 1 fully saturated rings. The zero-order valence-corrected chi connectivity index (χ0v) is 17.3. The van der Waals surface area contributed by atoms with Gasteiger partial charge in [-0.15, -0.1) is 11.8 Å². The summed E-state index contributed by atoms with van der Waals surface area (Å²) in [5, 5.41) is 24.8. The van der Waals surface area contributed by atoms with E-state index in [2.05, 4.69) is 10.5 Å². The van der Waals surface area contributed by atoms with Crippen LogP contribution in [0.15, 0.2) is 40.7 Å².